The standard InChI is InChI=1S/C8H16N4/c1-5(2)6(3)7-8(9)12(10)4-11-7/h4-6H,9-10H2,1-3H3. The van der Waals surface area contributed by atoms with Gasteiger partial charge in [-0.25, -0.2) is 9.66 Å². The molecule has 1 heterocycles. The minimum Gasteiger partial charge on any atom is -0.382 e. The molecule has 4 heteroatoms. The highest BCUT2D eigenvalue weighted by molar-refractivity contribution is 5.38. The third-order valence-electron chi connectivity index (χ3n) is 2.29. The molecule has 1 aromatic heterocycles. The Hall–Kier alpha value is -1.19. The van der Waals surface area contributed by atoms with Gasteiger partial charge in [-0.3, -0.25) is 0 Å². The zero-order valence-corrected chi connectivity index (χ0v) is 7.78. The predicted octanol–water partition coefficient (Wildman–Crippen LogP) is 0.939. The Labute approximate surface area is 72.5 Å². The molecule has 0 bridgehead atoms. The van der Waals surface area contributed by atoms with Crippen LogP contribution in [0.5, 0.6) is 0 Å². The first-order chi connectivity index (χ1) is 5.54. The lowest BCUT2D eigenvalue weighted by molar-refractivity contribution is 0.526. The second-order valence-corrected chi connectivity index (χ2v) is 3.46. The third-order valence-corrected chi connectivity index (χ3v) is 2.29. The molecule has 0 radical (unpaired) electrons. The molecule has 0 saturated carbocycles. The molecule has 0 aromatic carbocycles. The molecule has 1 unspecified atom stereocenters. The zero-order chi connectivity index (χ0) is 9.30. The Kier molecular flexibility index (Phi) is 2.26. The molecular formula is C8H16N4. The van der Waals surface area contributed by atoms with Crippen molar-refractivity contribution in [3.8, 4) is 0 Å². The first-order valence-electron chi connectivity index (χ1n) is 4.11. The summed E-state index contributed by atoms with van der Waals surface area (Å²) in [5.74, 6) is 6.96. The molecule has 0 aliphatic carbocycles. The lowest BCUT2D eigenvalue weighted by atomic mass is 9.95. The normalized spacial score (nSPS) is 13.7. The molecule has 0 fully saturated rings. The van der Waals surface area contributed by atoms with Gasteiger partial charge in [-0.2, -0.15) is 0 Å². The van der Waals surface area contributed by atoms with Gasteiger partial charge < -0.3 is 11.6 Å². The van der Waals surface area contributed by atoms with E-state index in [9.17, 15) is 0 Å². The van der Waals surface area contributed by atoms with Crippen LogP contribution in [0.4, 0.5) is 5.82 Å². The van der Waals surface area contributed by atoms with Gasteiger partial charge in [-0.1, -0.05) is 20.8 Å². The fourth-order valence-electron chi connectivity index (χ4n) is 1.05. The summed E-state index contributed by atoms with van der Waals surface area (Å²) in [5.41, 5.74) is 6.61. The van der Waals surface area contributed by atoms with Crippen LogP contribution in [0.3, 0.4) is 0 Å². The van der Waals surface area contributed by atoms with E-state index in [0.29, 0.717) is 17.7 Å². The molecular weight excluding hydrogens is 152 g/mol. The van der Waals surface area contributed by atoms with Gasteiger partial charge in [0, 0.05) is 5.92 Å². The largest absolute Gasteiger partial charge is 0.382 e. The van der Waals surface area contributed by atoms with Gasteiger partial charge in [0.05, 0.1) is 5.69 Å². The number of hydrogen-bond acceptors (Lipinski definition) is 3. The van der Waals surface area contributed by atoms with Crippen LogP contribution in [0.15, 0.2) is 6.33 Å². The minimum atomic E-state index is 0.356. The highest BCUT2D eigenvalue weighted by Crippen LogP contribution is 2.25. The van der Waals surface area contributed by atoms with Crippen molar-refractivity contribution in [2.75, 3.05) is 11.6 Å². The first kappa shape index (κ1) is 8.90. The minimum absolute atomic E-state index is 0.356. The summed E-state index contributed by atoms with van der Waals surface area (Å²) in [5, 5.41) is 0. The topological polar surface area (TPSA) is 69.9 Å². The van der Waals surface area contributed by atoms with Crippen LogP contribution in [0.2, 0.25) is 0 Å². The quantitative estimate of drug-likeness (QED) is 0.645. The van der Waals surface area contributed by atoms with E-state index in [1.54, 1.807) is 6.33 Å². The lowest BCUT2D eigenvalue weighted by Crippen LogP contribution is -2.12. The summed E-state index contributed by atoms with van der Waals surface area (Å²) in [6.45, 7) is 6.38. The van der Waals surface area contributed by atoms with Crippen molar-refractivity contribution in [1.29, 1.82) is 0 Å². The van der Waals surface area contributed by atoms with Gasteiger partial charge in [0.15, 0.2) is 0 Å². The van der Waals surface area contributed by atoms with Gasteiger partial charge in [-0.05, 0) is 5.92 Å². The molecule has 1 aromatic rings. The second-order valence-electron chi connectivity index (χ2n) is 3.46. The van der Waals surface area contributed by atoms with E-state index in [2.05, 4.69) is 25.8 Å². The molecule has 0 spiro atoms. The number of rotatable bonds is 2. The molecule has 1 rings (SSSR count). The lowest BCUT2D eigenvalue weighted by Gasteiger charge is -2.13. The van der Waals surface area contributed by atoms with Crippen LogP contribution in [-0.4, -0.2) is 9.66 Å². The Bertz CT molecular complexity index is 264. The Morgan fingerprint density at radius 1 is 1.42 bits per heavy atom. The van der Waals surface area contributed by atoms with E-state index in [4.69, 9.17) is 11.6 Å². The Morgan fingerprint density at radius 2 is 2.00 bits per heavy atom. The number of aromatic nitrogens is 2. The highest BCUT2D eigenvalue weighted by atomic mass is 15.3. The monoisotopic (exact) mass is 168 g/mol. The van der Waals surface area contributed by atoms with Crippen molar-refractivity contribution in [3.63, 3.8) is 0 Å². The van der Waals surface area contributed by atoms with Crippen molar-refractivity contribution >= 4 is 5.82 Å². The highest BCUT2D eigenvalue weighted by Gasteiger charge is 2.16. The van der Waals surface area contributed by atoms with E-state index < -0.39 is 0 Å². The average molecular weight is 168 g/mol. The molecule has 4 nitrogen and oxygen atoms in total. The molecule has 0 amide bonds. The smallest absolute Gasteiger partial charge is 0.145 e. The van der Waals surface area contributed by atoms with Crippen LogP contribution in [0, 0.1) is 5.92 Å². The van der Waals surface area contributed by atoms with E-state index in [1.165, 1.54) is 4.68 Å². The molecule has 0 aliphatic heterocycles. The number of nitrogen functional groups attached to an aromatic ring is 2. The van der Waals surface area contributed by atoms with Crippen LogP contribution in [0.1, 0.15) is 32.4 Å². The average Bonchev–Trinajstić information content (AvgIpc) is 2.32. The summed E-state index contributed by atoms with van der Waals surface area (Å²) in [6.07, 6.45) is 1.55. The number of hydrogen-bond donors (Lipinski definition) is 2. The first-order valence-corrected chi connectivity index (χ1v) is 4.11. The van der Waals surface area contributed by atoms with Gasteiger partial charge >= 0.3 is 0 Å². The Balaban J connectivity index is 2.95. The van der Waals surface area contributed by atoms with Gasteiger partial charge in [0.25, 0.3) is 0 Å². The van der Waals surface area contributed by atoms with E-state index in [-0.39, 0.29) is 0 Å². The van der Waals surface area contributed by atoms with Crippen LogP contribution >= 0.6 is 0 Å². The predicted molar refractivity (Wildman–Crippen MR) is 50.0 cm³/mol. The number of nitrogens with two attached hydrogens (primary N) is 2. The van der Waals surface area contributed by atoms with Crippen molar-refractivity contribution in [2.45, 2.75) is 26.7 Å². The third kappa shape index (κ3) is 1.37. The molecule has 1 atom stereocenters. The van der Waals surface area contributed by atoms with E-state index in [1.807, 2.05) is 0 Å². The second kappa shape index (κ2) is 3.05. The number of nitrogens with zero attached hydrogens (tertiary/aromatic N) is 2. The van der Waals surface area contributed by atoms with E-state index >= 15 is 0 Å². The summed E-state index contributed by atoms with van der Waals surface area (Å²) in [7, 11) is 0. The fourth-order valence-corrected chi connectivity index (χ4v) is 1.05. The van der Waals surface area contributed by atoms with Crippen LogP contribution in [0.25, 0.3) is 0 Å². The maximum Gasteiger partial charge on any atom is 0.145 e. The maximum absolute atomic E-state index is 5.72. The van der Waals surface area contributed by atoms with Crippen molar-refractivity contribution in [3.05, 3.63) is 12.0 Å². The molecule has 68 valence electrons. The van der Waals surface area contributed by atoms with Gasteiger partial charge in [-0.15, -0.1) is 0 Å². The summed E-state index contributed by atoms with van der Waals surface area (Å²) in [6, 6.07) is 0. The van der Waals surface area contributed by atoms with Gasteiger partial charge in [0.1, 0.15) is 12.1 Å². The summed E-state index contributed by atoms with van der Waals surface area (Å²) >= 11 is 0. The van der Waals surface area contributed by atoms with E-state index in [0.717, 1.165) is 5.69 Å². The van der Waals surface area contributed by atoms with Crippen LogP contribution < -0.4 is 11.6 Å². The molecule has 0 aliphatic rings. The Morgan fingerprint density at radius 3 is 2.33 bits per heavy atom. The molecule has 0 saturated heterocycles. The summed E-state index contributed by atoms with van der Waals surface area (Å²) in [4.78, 5) is 4.15. The SMILES string of the molecule is CC(C)C(C)c1ncn(N)c1N. The van der Waals surface area contributed by atoms with Crippen molar-refractivity contribution in [2.24, 2.45) is 5.92 Å². The van der Waals surface area contributed by atoms with Crippen LogP contribution in [-0.2, 0) is 0 Å². The number of imidazole rings is 1. The fraction of sp³-hybridized carbons (Fsp3) is 0.625. The van der Waals surface area contributed by atoms with Crippen molar-refractivity contribution in [1.82, 2.24) is 9.66 Å². The molecule has 12 heavy (non-hydrogen) atoms. The maximum atomic E-state index is 5.72. The zero-order valence-electron chi connectivity index (χ0n) is 7.78. The molecule has 4 N–H and O–H groups in total. The summed E-state index contributed by atoms with van der Waals surface area (Å²) < 4.78 is 1.36. The number of anilines is 1. The van der Waals surface area contributed by atoms with Gasteiger partial charge in [0.2, 0.25) is 0 Å². The van der Waals surface area contributed by atoms with Crippen molar-refractivity contribution < 1.29 is 0 Å².